The number of hydrogen-bond donors (Lipinski definition) is 0. The lowest BCUT2D eigenvalue weighted by atomic mass is 9.99. The zero-order chi connectivity index (χ0) is 35.3. The molecule has 0 bridgehead atoms. The SMILES string of the molecule is c1ccc2c(-c3nc(-n4c5cc(-n6c7ccccc7c7ccc8ccccc8c76)ccc5c5c6ccccc6ccc54)nc4ccccc34)cccc2c1. The highest BCUT2D eigenvalue weighted by molar-refractivity contribution is 6.22. The van der Waals surface area contributed by atoms with Crippen molar-refractivity contribution in [1.29, 1.82) is 0 Å². The van der Waals surface area contributed by atoms with Crippen LogP contribution in [0.3, 0.4) is 0 Å². The first-order valence-corrected chi connectivity index (χ1v) is 18.4. The van der Waals surface area contributed by atoms with Gasteiger partial charge >= 0.3 is 0 Å². The van der Waals surface area contributed by atoms with Crippen LogP contribution in [0, 0.1) is 0 Å². The van der Waals surface area contributed by atoms with Crippen LogP contribution in [-0.2, 0) is 0 Å². The Kier molecular flexibility index (Phi) is 6.02. The molecule has 250 valence electrons. The maximum atomic E-state index is 5.52. The first kappa shape index (κ1) is 29.3. The van der Waals surface area contributed by atoms with Gasteiger partial charge in [-0.3, -0.25) is 4.57 Å². The summed E-state index contributed by atoms with van der Waals surface area (Å²) in [7, 11) is 0. The van der Waals surface area contributed by atoms with Crippen LogP contribution in [0.25, 0.3) is 110 Å². The van der Waals surface area contributed by atoms with Crippen molar-refractivity contribution in [2.24, 2.45) is 0 Å². The van der Waals surface area contributed by atoms with E-state index in [2.05, 4.69) is 191 Å². The summed E-state index contributed by atoms with van der Waals surface area (Å²) >= 11 is 0. The molecule has 0 amide bonds. The van der Waals surface area contributed by atoms with Crippen LogP contribution >= 0.6 is 0 Å². The molecule has 54 heavy (non-hydrogen) atoms. The molecule has 0 unspecified atom stereocenters. The van der Waals surface area contributed by atoms with Gasteiger partial charge in [0, 0.05) is 43.6 Å². The average Bonchev–Trinajstić information content (AvgIpc) is 3.76. The smallest absolute Gasteiger partial charge is 0.235 e. The third kappa shape index (κ3) is 4.08. The number of fused-ring (bicyclic) bond motifs is 12. The molecule has 0 fully saturated rings. The van der Waals surface area contributed by atoms with Crippen molar-refractivity contribution in [3.05, 3.63) is 182 Å². The Labute approximate surface area is 309 Å². The van der Waals surface area contributed by atoms with Crippen LogP contribution in [0.4, 0.5) is 0 Å². The molecule has 0 aliphatic heterocycles. The van der Waals surface area contributed by atoms with Gasteiger partial charge in [0.05, 0.1) is 33.3 Å². The van der Waals surface area contributed by atoms with Crippen LogP contribution in [0.5, 0.6) is 0 Å². The Morgan fingerprint density at radius 2 is 0.981 bits per heavy atom. The summed E-state index contributed by atoms with van der Waals surface area (Å²) in [6, 6.07) is 65.4. The summed E-state index contributed by atoms with van der Waals surface area (Å²) in [4.78, 5) is 10.9. The van der Waals surface area contributed by atoms with Crippen LogP contribution in [-0.4, -0.2) is 19.1 Å². The molecule has 0 atom stereocenters. The standard InChI is InChI=1S/C50H30N4/c1-4-16-35-31(12-1)15-11-21-39(35)48-41-20-7-9-22-43(41)51-50(52-48)54-45-29-25-32-13-2-5-17-36(32)47(45)42-28-26-34(30-46(42)54)53-44-23-10-8-19-38(44)40-27-24-33-14-3-6-18-37(33)49(40)53/h1-30H. The van der Waals surface area contributed by atoms with Crippen molar-refractivity contribution in [2.45, 2.75) is 0 Å². The third-order valence-corrected chi connectivity index (χ3v) is 11.3. The number of benzene rings is 9. The van der Waals surface area contributed by atoms with Gasteiger partial charge in [-0.1, -0.05) is 152 Å². The summed E-state index contributed by atoms with van der Waals surface area (Å²) in [5, 5.41) is 13.1. The second-order valence-electron chi connectivity index (χ2n) is 14.2. The van der Waals surface area contributed by atoms with E-state index in [0.29, 0.717) is 5.95 Å². The maximum Gasteiger partial charge on any atom is 0.235 e. The molecule has 12 rings (SSSR count). The Bertz CT molecular complexity index is 3510. The van der Waals surface area contributed by atoms with Gasteiger partial charge in [-0.25, -0.2) is 9.97 Å². The van der Waals surface area contributed by atoms with E-state index in [1.165, 1.54) is 64.9 Å². The molecule has 12 aromatic rings. The summed E-state index contributed by atoms with van der Waals surface area (Å²) in [5.41, 5.74) is 8.54. The van der Waals surface area contributed by atoms with Gasteiger partial charge in [0.15, 0.2) is 0 Å². The number of nitrogens with zero attached hydrogens (tertiary/aromatic N) is 4. The van der Waals surface area contributed by atoms with Crippen LogP contribution < -0.4 is 0 Å². The zero-order valence-corrected chi connectivity index (χ0v) is 29.1. The zero-order valence-electron chi connectivity index (χ0n) is 29.1. The van der Waals surface area contributed by atoms with Gasteiger partial charge < -0.3 is 4.57 Å². The van der Waals surface area contributed by atoms with Crippen LogP contribution in [0.1, 0.15) is 0 Å². The highest BCUT2D eigenvalue weighted by Gasteiger charge is 2.21. The molecular formula is C50H30N4. The quantitative estimate of drug-likeness (QED) is 0.185. The Hall–Kier alpha value is -7.30. The van der Waals surface area contributed by atoms with Crippen LogP contribution in [0.2, 0.25) is 0 Å². The lowest BCUT2D eigenvalue weighted by molar-refractivity contribution is 1.01. The van der Waals surface area contributed by atoms with Crippen molar-refractivity contribution in [1.82, 2.24) is 19.1 Å². The molecule has 0 aliphatic rings. The fraction of sp³-hybridized carbons (Fsp3) is 0. The van der Waals surface area contributed by atoms with E-state index in [-0.39, 0.29) is 0 Å². The number of aromatic nitrogens is 4. The molecule has 0 aliphatic carbocycles. The monoisotopic (exact) mass is 686 g/mol. The van der Waals surface area contributed by atoms with Crippen molar-refractivity contribution < 1.29 is 0 Å². The summed E-state index contributed by atoms with van der Waals surface area (Å²) in [6.45, 7) is 0. The molecule has 0 spiro atoms. The summed E-state index contributed by atoms with van der Waals surface area (Å²) < 4.78 is 4.73. The molecule has 9 aromatic carbocycles. The van der Waals surface area contributed by atoms with Crippen molar-refractivity contribution >= 4 is 86.8 Å². The van der Waals surface area contributed by atoms with Gasteiger partial charge in [0.25, 0.3) is 0 Å². The minimum atomic E-state index is 0.650. The van der Waals surface area contributed by atoms with E-state index in [4.69, 9.17) is 9.97 Å². The van der Waals surface area contributed by atoms with E-state index >= 15 is 0 Å². The van der Waals surface area contributed by atoms with Gasteiger partial charge in [0.1, 0.15) is 0 Å². The lowest BCUT2D eigenvalue weighted by Crippen LogP contribution is -2.04. The van der Waals surface area contributed by atoms with E-state index in [9.17, 15) is 0 Å². The van der Waals surface area contributed by atoms with Crippen molar-refractivity contribution in [3.63, 3.8) is 0 Å². The minimum absolute atomic E-state index is 0.650. The Morgan fingerprint density at radius 1 is 0.352 bits per heavy atom. The first-order chi connectivity index (χ1) is 26.8. The summed E-state index contributed by atoms with van der Waals surface area (Å²) in [5.74, 6) is 0.650. The third-order valence-electron chi connectivity index (χ3n) is 11.3. The predicted molar refractivity (Wildman–Crippen MR) is 226 cm³/mol. The number of para-hydroxylation sites is 2. The van der Waals surface area contributed by atoms with E-state index in [1.54, 1.807) is 0 Å². The molecule has 0 saturated heterocycles. The topological polar surface area (TPSA) is 35.6 Å². The predicted octanol–water partition coefficient (Wildman–Crippen LogP) is 13.0. The minimum Gasteiger partial charge on any atom is -0.309 e. The number of rotatable bonds is 3. The average molecular weight is 687 g/mol. The fourth-order valence-electron chi connectivity index (χ4n) is 8.93. The fourth-order valence-corrected chi connectivity index (χ4v) is 8.93. The number of hydrogen-bond acceptors (Lipinski definition) is 2. The molecule has 4 heteroatoms. The van der Waals surface area contributed by atoms with Crippen molar-refractivity contribution in [2.75, 3.05) is 0 Å². The molecule has 0 N–H and O–H groups in total. The molecular weight excluding hydrogens is 657 g/mol. The largest absolute Gasteiger partial charge is 0.309 e. The Balaban J connectivity index is 1.23. The van der Waals surface area contributed by atoms with Gasteiger partial charge in [0.2, 0.25) is 5.95 Å². The van der Waals surface area contributed by atoms with Crippen molar-refractivity contribution in [3.8, 4) is 22.9 Å². The second kappa shape index (κ2) is 11.1. The maximum absolute atomic E-state index is 5.52. The molecule has 0 radical (unpaired) electrons. The molecule has 0 saturated carbocycles. The van der Waals surface area contributed by atoms with E-state index in [0.717, 1.165) is 38.9 Å². The highest BCUT2D eigenvalue weighted by Crippen LogP contribution is 2.41. The second-order valence-corrected chi connectivity index (χ2v) is 14.2. The highest BCUT2D eigenvalue weighted by atomic mass is 15.2. The Morgan fingerprint density at radius 3 is 1.83 bits per heavy atom. The normalized spacial score (nSPS) is 12.1. The first-order valence-electron chi connectivity index (χ1n) is 18.4. The molecule has 3 aromatic heterocycles. The molecule has 4 nitrogen and oxygen atoms in total. The van der Waals surface area contributed by atoms with E-state index in [1.807, 2.05) is 0 Å². The summed E-state index contributed by atoms with van der Waals surface area (Å²) in [6.07, 6.45) is 0. The lowest BCUT2D eigenvalue weighted by Gasteiger charge is -2.14. The molecule has 3 heterocycles. The van der Waals surface area contributed by atoms with E-state index < -0.39 is 0 Å². The van der Waals surface area contributed by atoms with Gasteiger partial charge in [-0.05, 0) is 57.3 Å². The van der Waals surface area contributed by atoms with Gasteiger partial charge in [-0.2, -0.15) is 0 Å². The van der Waals surface area contributed by atoms with Crippen LogP contribution in [0.15, 0.2) is 182 Å². The van der Waals surface area contributed by atoms with Gasteiger partial charge in [-0.15, -0.1) is 0 Å².